The first kappa shape index (κ1) is 18.2. The normalized spacial score (nSPS) is 14.8. The van der Waals surface area contributed by atoms with Crippen molar-refractivity contribution in [2.45, 2.75) is 32.2 Å². The fourth-order valence-corrected chi connectivity index (χ4v) is 3.24. The van der Waals surface area contributed by atoms with E-state index in [9.17, 15) is 14.3 Å². The first-order chi connectivity index (χ1) is 13.5. The number of aromatic hydroxyl groups is 1. The lowest BCUT2D eigenvalue weighted by molar-refractivity contribution is 0.0528. The fourth-order valence-electron chi connectivity index (χ4n) is 3.24. The van der Waals surface area contributed by atoms with Gasteiger partial charge in [-0.2, -0.15) is 5.10 Å². The molecule has 1 atom stereocenters. The van der Waals surface area contributed by atoms with Crippen molar-refractivity contribution in [1.29, 1.82) is 0 Å². The van der Waals surface area contributed by atoms with E-state index < -0.39 is 11.8 Å². The second kappa shape index (κ2) is 7.46. The number of phenols is 1. The highest BCUT2D eigenvalue weighted by Gasteiger charge is 2.28. The topological polar surface area (TPSA) is 88.8 Å². The van der Waals surface area contributed by atoms with E-state index in [1.165, 1.54) is 28.9 Å². The number of hydrogen-bond donors (Lipinski definition) is 2. The lowest BCUT2D eigenvalue weighted by atomic mass is 10.00. The maximum absolute atomic E-state index is 13.8. The Morgan fingerprint density at radius 1 is 1.43 bits per heavy atom. The molecule has 2 aromatic heterocycles. The van der Waals surface area contributed by atoms with Gasteiger partial charge in [0.1, 0.15) is 22.9 Å². The third kappa shape index (κ3) is 3.76. The maximum Gasteiger partial charge on any atom is 0.343 e. The molecule has 1 aliphatic rings. The third-order valence-corrected chi connectivity index (χ3v) is 4.82. The minimum atomic E-state index is -0.487. The Kier molecular flexibility index (Phi) is 4.85. The van der Waals surface area contributed by atoms with E-state index >= 15 is 0 Å². The lowest BCUT2D eigenvalue weighted by Crippen LogP contribution is -2.14. The summed E-state index contributed by atoms with van der Waals surface area (Å²) in [5.74, 6) is 0.192. The van der Waals surface area contributed by atoms with Gasteiger partial charge in [0.15, 0.2) is 5.65 Å². The maximum atomic E-state index is 13.8. The van der Waals surface area contributed by atoms with Crippen LogP contribution in [0.15, 0.2) is 36.7 Å². The average Bonchev–Trinajstić information content (AvgIpc) is 3.39. The molecule has 0 amide bonds. The molecule has 1 saturated carbocycles. The van der Waals surface area contributed by atoms with Gasteiger partial charge in [-0.15, -0.1) is 0 Å². The van der Waals surface area contributed by atoms with E-state index in [0.717, 1.165) is 19.3 Å². The summed E-state index contributed by atoms with van der Waals surface area (Å²) in [7, 11) is 0. The summed E-state index contributed by atoms with van der Waals surface area (Å²) in [5.41, 5.74) is 1.14. The van der Waals surface area contributed by atoms with Crippen LogP contribution in [-0.2, 0) is 4.74 Å². The molecular formula is C20H21FN4O3. The van der Waals surface area contributed by atoms with Crippen LogP contribution in [0.25, 0.3) is 5.65 Å². The van der Waals surface area contributed by atoms with Gasteiger partial charge in [-0.3, -0.25) is 0 Å². The van der Waals surface area contributed by atoms with E-state index in [2.05, 4.69) is 15.4 Å². The van der Waals surface area contributed by atoms with Crippen LogP contribution >= 0.6 is 0 Å². The number of rotatable bonds is 7. The van der Waals surface area contributed by atoms with E-state index in [4.69, 9.17) is 4.74 Å². The monoisotopic (exact) mass is 384 g/mol. The lowest BCUT2D eigenvalue weighted by Gasteiger charge is -2.21. The van der Waals surface area contributed by atoms with Crippen molar-refractivity contribution in [3.63, 3.8) is 0 Å². The summed E-state index contributed by atoms with van der Waals surface area (Å²) in [6.45, 7) is 1.99. The molecule has 0 saturated heterocycles. The van der Waals surface area contributed by atoms with Gasteiger partial charge in [-0.05, 0) is 43.5 Å². The zero-order valence-corrected chi connectivity index (χ0v) is 15.4. The fraction of sp³-hybridized carbons (Fsp3) is 0.350. The molecule has 0 radical (unpaired) electrons. The van der Waals surface area contributed by atoms with Crippen molar-refractivity contribution < 1.29 is 19.0 Å². The summed E-state index contributed by atoms with van der Waals surface area (Å²) in [6, 6.07) is 5.36. The first-order valence-corrected chi connectivity index (χ1v) is 9.31. The van der Waals surface area contributed by atoms with E-state index in [-0.39, 0.29) is 24.0 Å². The van der Waals surface area contributed by atoms with Crippen LogP contribution in [0.2, 0.25) is 0 Å². The summed E-state index contributed by atoms with van der Waals surface area (Å²) >= 11 is 0. The number of ether oxygens (including phenoxy) is 1. The molecule has 0 spiro atoms. The van der Waals surface area contributed by atoms with Crippen LogP contribution in [-0.4, -0.2) is 32.3 Å². The van der Waals surface area contributed by atoms with Crippen LogP contribution in [0.4, 0.5) is 10.2 Å². The van der Waals surface area contributed by atoms with E-state index in [1.54, 1.807) is 19.2 Å². The zero-order valence-electron chi connectivity index (χ0n) is 15.4. The van der Waals surface area contributed by atoms with Crippen molar-refractivity contribution in [2.75, 3.05) is 11.9 Å². The Balaban J connectivity index is 1.66. The second-order valence-corrected chi connectivity index (χ2v) is 6.94. The molecule has 1 fully saturated rings. The largest absolute Gasteiger partial charge is 0.508 e. The van der Waals surface area contributed by atoms with Crippen LogP contribution in [0.5, 0.6) is 5.75 Å². The number of phenolic OH excluding ortho intramolecular Hbond substituents is 1. The predicted molar refractivity (Wildman–Crippen MR) is 101 cm³/mol. The number of fused-ring (bicyclic) bond motifs is 1. The molecule has 1 aliphatic carbocycles. The zero-order chi connectivity index (χ0) is 19.7. The molecule has 0 bridgehead atoms. The number of esters is 1. The smallest absolute Gasteiger partial charge is 0.343 e. The van der Waals surface area contributed by atoms with Gasteiger partial charge in [-0.25, -0.2) is 18.7 Å². The molecule has 7 nitrogen and oxygen atoms in total. The van der Waals surface area contributed by atoms with Crippen molar-refractivity contribution >= 4 is 17.4 Å². The quantitative estimate of drug-likeness (QED) is 0.604. The molecule has 28 heavy (non-hydrogen) atoms. The molecule has 4 rings (SSSR count). The second-order valence-electron chi connectivity index (χ2n) is 6.94. The summed E-state index contributed by atoms with van der Waals surface area (Å²) in [4.78, 5) is 16.6. The van der Waals surface area contributed by atoms with Gasteiger partial charge in [0.2, 0.25) is 0 Å². The van der Waals surface area contributed by atoms with Crippen LogP contribution in [0.1, 0.15) is 48.1 Å². The van der Waals surface area contributed by atoms with Gasteiger partial charge >= 0.3 is 5.97 Å². The molecule has 1 aromatic carbocycles. The Hall–Kier alpha value is -3.16. The van der Waals surface area contributed by atoms with Gasteiger partial charge in [0.25, 0.3) is 0 Å². The molecular weight excluding hydrogens is 363 g/mol. The van der Waals surface area contributed by atoms with Gasteiger partial charge < -0.3 is 15.2 Å². The Bertz CT molecular complexity index is 1020. The van der Waals surface area contributed by atoms with Crippen LogP contribution in [0.3, 0.4) is 0 Å². The minimum Gasteiger partial charge on any atom is -0.508 e. The molecule has 3 aromatic rings. The number of carbonyl (C=O) groups is 1. The minimum absolute atomic E-state index is 0.0391. The Morgan fingerprint density at radius 3 is 3.00 bits per heavy atom. The number of aromatic nitrogens is 3. The SMILES string of the molecule is CCOC(=O)c1cnn2ccc(NC(CC3CC3)c3cc(F)ccc3O)nc12. The molecule has 1 unspecified atom stereocenters. The highest BCUT2D eigenvalue weighted by Crippen LogP contribution is 2.41. The predicted octanol–water partition coefficient (Wildman–Crippen LogP) is 3.70. The van der Waals surface area contributed by atoms with E-state index in [1.807, 2.05) is 0 Å². The summed E-state index contributed by atoms with van der Waals surface area (Å²) in [5, 5.41) is 17.6. The number of benzene rings is 1. The first-order valence-electron chi connectivity index (χ1n) is 9.31. The van der Waals surface area contributed by atoms with E-state index in [0.29, 0.717) is 22.9 Å². The van der Waals surface area contributed by atoms with Crippen molar-refractivity contribution in [3.8, 4) is 5.75 Å². The number of halogens is 1. The van der Waals surface area contributed by atoms with Gasteiger partial charge in [0, 0.05) is 11.8 Å². The molecule has 8 heteroatoms. The Labute approximate surface area is 161 Å². The summed E-state index contributed by atoms with van der Waals surface area (Å²) in [6.07, 6.45) is 6.11. The number of nitrogens with zero attached hydrogens (tertiary/aromatic N) is 3. The van der Waals surface area contributed by atoms with Gasteiger partial charge in [-0.1, -0.05) is 12.8 Å². The molecule has 2 heterocycles. The molecule has 2 N–H and O–H groups in total. The van der Waals surface area contributed by atoms with Crippen LogP contribution < -0.4 is 5.32 Å². The standard InChI is InChI=1S/C20H21FN4O3/c1-2-28-20(27)15-11-22-25-8-7-18(24-19(15)25)23-16(9-12-3-4-12)14-10-13(21)5-6-17(14)26/h5-8,10-12,16,26H,2-4,9H2,1H3,(H,23,24). The van der Waals surface area contributed by atoms with Crippen molar-refractivity contribution in [3.05, 3.63) is 53.6 Å². The molecule has 146 valence electrons. The number of nitrogens with one attached hydrogen (secondary N) is 1. The van der Waals surface area contributed by atoms with Crippen molar-refractivity contribution in [2.24, 2.45) is 5.92 Å². The summed E-state index contributed by atoms with van der Waals surface area (Å²) < 4.78 is 20.3. The van der Waals surface area contributed by atoms with Crippen LogP contribution in [0, 0.1) is 11.7 Å². The number of anilines is 1. The Morgan fingerprint density at radius 2 is 2.25 bits per heavy atom. The van der Waals surface area contributed by atoms with Gasteiger partial charge in [0.05, 0.1) is 18.8 Å². The third-order valence-electron chi connectivity index (χ3n) is 4.82. The van der Waals surface area contributed by atoms with Crippen molar-refractivity contribution in [1.82, 2.24) is 14.6 Å². The number of carbonyl (C=O) groups excluding carboxylic acids is 1. The average molecular weight is 384 g/mol. The molecule has 0 aliphatic heterocycles. The number of hydrogen-bond acceptors (Lipinski definition) is 6. The highest BCUT2D eigenvalue weighted by atomic mass is 19.1. The highest BCUT2D eigenvalue weighted by molar-refractivity contribution is 5.95.